The molecule has 0 aromatic rings. The van der Waals surface area contributed by atoms with Crippen LogP contribution in [0.25, 0.3) is 0 Å². The number of carbonyl (C=O) groups is 6. The number of nitrogens with one attached hydrogen (secondary N) is 7. The van der Waals surface area contributed by atoms with Gasteiger partial charge in [0.2, 0.25) is 23.6 Å². The summed E-state index contributed by atoms with van der Waals surface area (Å²) in [5.74, 6) is -5.25. The average molecular weight is 557 g/mol. The second-order valence-corrected chi connectivity index (χ2v) is 8.38. The summed E-state index contributed by atoms with van der Waals surface area (Å²) in [7, 11) is 0. The molecular formula is C19H32N12O8. The Bertz CT molecular complexity index is 1050. The van der Waals surface area contributed by atoms with Crippen LogP contribution in [0.2, 0.25) is 0 Å². The summed E-state index contributed by atoms with van der Waals surface area (Å²) in [6.07, 6.45) is -0.796. The minimum absolute atomic E-state index is 0.198. The molecule has 20 nitrogen and oxygen atoms in total. The van der Waals surface area contributed by atoms with E-state index in [4.69, 9.17) is 22.9 Å². The fourth-order valence-corrected chi connectivity index (χ4v) is 3.43. The maximum absolute atomic E-state index is 13.1. The van der Waals surface area contributed by atoms with Crippen LogP contribution in [0.4, 0.5) is 4.79 Å². The number of amides is 7. The number of aliphatic hydroxyl groups is 2. The van der Waals surface area contributed by atoms with Gasteiger partial charge in [-0.15, -0.1) is 0 Å². The Balaban J connectivity index is 2.48. The van der Waals surface area contributed by atoms with E-state index < -0.39 is 97.4 Å². The van der Waals surface area contributed by atoms with Gasteiger partial charge in [-0.2, -0.15) is 0 Å². The first-order valence-corrected chi connectivity index (χ1v) is 11.5. The molecule has 0 saturated carbocycles. The van der Waals surface area contributed by atoms with Gasteiger partial charge in [0.15, 0.2) is 12.2 Å². The Kier molecular flexibility index (Phi) is 10.9. The van der Waals surface area contributed by atoms with Crippen LogP contribution in [0.5, 0.6) is 0 Å². The molecule has 0 radical (unpaired) electrons. The van der Waals surface area contributed by atoms with Crippen LogP contribution < -0.4 is 60.2 Å². The normalized spacial score (nSPS) is 30.5. The zero-order valence-electron chi connectivity index (χ0n) is 20.5. The van der Waals surface area contributed by atoms with Gasteiger partial charge in [-0.3, -0.25) is 24.0 Å². The number of hydrogen-bond donors (Lipinski definition) is 13. The minimum Gasteiger partial charge on any atom is -0.394 e. The van der Waals surface area contributed by atoms with Crippen molar-refractivity contribution >= 4 is 41.5 Å². The Labute approximate surface area is 220 Å². The van der Waals surface area contributed by atoms with Gasteiger partial charge in [-0.1, -0.05) is 0 Å². The van der Waals surface area contributed by atoms with Gasteiger partial charge in [0.25, 0.3) is 5.91 Å². The maximum Gasteiger partial charge on any atom is 0.316 e. The van der Waals surface area contributed by atoms with Crippen LogP contribution in [0, 0.1) is 0 Å². The molecule has 0 aromatic carbocycles. The Morgan fingerprint density at radius 3 is 2.28 bits per heavy atom. The summed E-state index contributed by atoms with van der Waals surface area (Å²) in [6.45, 7) is -1.86. The molecule has 1 saturated heterocycles. The van der Waals surface area contributed by atoms with E-state index >= 15 is 0 Å². The number of aliphatic imine (C=N–C) groups is 1. The highest BCUT2D eigenvalue weighted by Crippen LogP contribution is 2.10. The largest absolute Gasteiger partial charge is 0.394 e. The molecule has 1 unspecified atom stereocenters. The Morgan fingerprint density at radius 1 is 1.03 bits per heavy atom. The first kappa shape index (κ1) is 30.7. The van der Waals surface area contributed by atoms with E-state index in [9.17, 15) is 39.0 Å². The molecule has 20 heteroatoms. The van der Waals surface area contributed by atoms with E-state index in [2.05, 4.69) is 36.9 Å². The van der Waals surface area contributed by atoms with Gasteiger partial charge < -0.3 is 70.4 Å². The van der Waals surface area contributed by atoms with E-state index in [1.807, 2.05) is 5.32 Å². The molecule has 2 aliphatic rings. The van der Waals surface area contributed by atoms with Gasteiger partial charge in [0.05, 0.1) is 12.6 Å². The molecule has 216 valence electrons. The monoisotopic (exact) mass is 556 g/mol. The second kappa shape index (κ2) is 13.9. The SMILES string of the molecule is NC[C@@H]1NC(=O)[C@H](CO)NC(=O)[C@@H](N)CNC(=O)[C@H](C2C[C@@H](O)N=C(N)N2)NC(=O)C(=CNC(N)=O)NC1=O. The molecule has 0 bridgehead atoms. The highest BCUT2D eigenvalue weighted by atomic mass is 16.3. The molecule has 2 rings (SSSR count). The molecule has 7 amide bonds. The topological polar surface area (TPSA) is 344 Å². The Morgan fingerprint density at radius 2 is 1.69 bits per heavy atom. The highest BCUT2D eigenvalue weighted by Gasteiger charge is 2.36. The molecule has 2 heterocycles. The van der Waals surface area contributed by atoms with Gasteiger partial charge in [0, 0.05) is 25.7 Å². The summed E-state index contributed by atoms with van der Waals surface area (Å²) in [6, 6.07) is -8.10. The summed E-state index contributed by atoms with van der Waals surface area (Å²) in [5, 5.41) is 35.4. The van der Waals surface area contributed by atoms with Crippen molar-refractivity contribution in [2.24, 2.45) is 27.9 Å². The number of hydrogen-bond acceptors (Lipinski definition) is 13. The van der Waals surface area contributed by atoms with E-state index in [-0.39, 0.29) is 12.4 Å². The van der Waals surface area contributed by atoms with Crippen LogP contribution in [-0.4, -0.2) is 108 Å². The van der Waals surface area contributed by atoms with Gasteiger partial charge in [-0.05, 0) is 0 Å². The minimum atomic E-state index is -1.55. The lowest BCUT2D eigenvalue weighted by molar-refractivity contribution is -0.133. The molecule has 6 atom stereocenters. The molecule has 1 fully saturated rings. The third-order valence-electron chi connectivity index (χ3n) is 5.44. The third kappa shape index (κ3) is 8.77. The summed E-state index contributed by atoms with van der Waals surface area (Å²) in [4.78, 5) is 79.0. The number of guanidine groups is 1. The second-order valence-electron chi connectivity index (χ2n) is 8.38. The summed E-state index contributed by atoms with van der Waals surface area (Å²) in [5.41, 5.74) is 21.4. The lowest BCUT2D eigenvalue weighted by Gasteiger charge is -2.32. The summed E-state index contributed by atoms with van der Waals surface area (Å²) < 4.78 is 0. The molecule has 0 aromatic heterocycles. The number of rotatable bonds is 4. The van der Waals surface area contributed by atoms with Gasteiger partial charge >= 0.3 is 6.03 Å². The van der Waals surface area contributed by atoms with Crippen LogP contribution in [-0.2, 0) is 24.0 Å². The highest BCUT2D eigenvalue weighted by molar-refractivity contribution is 6.02. The van der Waals surface area contributed by atoms with Crippen LogP contribution in [0.3, 0.4) is 0 Å². The average Bonchev–Trinajstić information content (AvgIpc) is 2.87. The predicted octanol–water partition coefficient (Wildman–Crippen LogP) is -8.53. The van der Waals surface area contributed by atoms with Crippen LogP contribution in [0.1, 0.15) is 6.42 Å². The van der Waals surface area contributed by atoms with Gasteiger partial charge in [-0.25, -0.2) is 9.79 Å². The van der Waals surface area contributed by atoms with Gasteiger partial charge in [0.1, 0.15) is 29.9 Å². The summed E-state index contributed by atoms with van der Waals surface area (Å²) >= 11 is 0. The van der Waals surface area contributed by atoms with Crippen molar-refractivity contribution in [2.45, 2.75) is 42.9 Å². The maximum atomic E-state index is 13.1. The lowest BCUT2D eigenvalue weighted by atomic mass is 10.0. The number of nitrogens with zero attached hydrogens (tertiary/aromatic N) is 1. The quantitative estimate of drug-likeness (QED) is 0.144. The molecule has 2 aliphatic heterocycles. The molecule has 39 heavy (non-hydrogen) atoms. The van der Waals surface area contributed by atoms with E-state index in [0.717, 1.165) is 6.20 Å². The lowest BCUT2D eigenvalue weighted by Crippen LogP contribution is -2.64. The van der Waals surface area contributed by atoms with Crippen molar-refractivity contribution in [1.29, 1.82) is 0 Å². The fourth-order valence-electron chi connectivity index (χ4n) is 3.43. The van der Waals surface area contributed by atoms with E-state index in [0.29, 0.717) is 0 Å². The molecule has 0 aliphatic carbocycles. The van der Waals surface area contributed by atoms with E-state index in [1.54, 1.807) is 0 Å². The smallest absolute Gasteiger partial charge is 0.316 e. The van der Waals surface area contributed by atoms with Crippen molar-refractivity contribution < 1.29 is 39.0 Å². The number of aliphatic hydroxyl groups excluding tert-OH is 2. The Hall–Kier alpha value is -4.53. The first-order valence-electron chi connectivity index (χ1n) is 11.5. The zero-order chi connectivity index (χ0) is 29.3. The number of urea groups is 1. The van der Waals surface area contributed by atoms with Crippen LogP contribution in [0.15, 0.2) is 16.9 Å². The van der Waals surface area contributed by atoms with Crippen molar-refractivity contribution in [3.63, 3.8) is 0 Å². The third-order valence-corrected chi connectivity index (χ3v) is 5.44. The van der Waals surface area contributed by atoms with Crippen molar-refractivity contribution in [3.8, 4) is 0 Å². The van der Waals surface area contributed by atoms with Crippen molar-refractivity contribution in [1.82, 2.24) is 37.2 Å². The molecule has 17 N–H and O–H groups in total. The standard InChI is InChI=1S/C19H32N12O8/c20-2-8-14(35)27-9(4-25-19(23)39)15(36)31-12(7-1-11(33)30-18(22)29-7)17(38)24-3-6(21)13(34)28-10(5-32)16(37)26-8/h4,6-8,10-12,32-33H,1-3,5,20-21H2,(H,24,38)(H,26,37)(H,27,35)(H,28,34)(H,31,36)(H3,22,29,30)(H3,23,25,39)/t6-,7?,8-,10-,11+,12-/m0/s1. The van der Waals surface area contributed by atoms with Crippen molar-refractivity contribution in [2.75, 3.05) is 19.7 Å². The number of nitrogens with two attached hydrogens (primary N) is 4. The van der Waals surface area contributed by atoms with E-state index in [1.165, 1.54) is 0 Å². The number of carbonyl (C=O) groups excluding carboxylic acids is 6. The fraction of sp³-hybridized carbons (Fsp3) is 0.526. The molecular weight excluding hydrogens is 524 g/mol. The van der Waals surface area contributed by atoms with Crippen molar-refractivity contribution in [3.05, 3.63) is 11.9 Å². The van der Waals surface area contributed by atoms with Crippen LogP contribution >= 0.6 is 0 Å². The zero-order valence-corrected chi connectivity index (χ0v) is 20.5. The predicted molar refractivity (Wildman–Crippen MR) is 131 cm³/mol. The first-order chi connectivity index (χ1) is 18.4. The molecule has 0 spiro atoms. The number of primary amides is 1.